The molecule has 0 bridgehead atoms. The zero-order chi connectivity index (χ0) is 20.5. The zero-order valence-corrected chi connectivity index (χ0v) is 16.6. The van der Waals surface area contributed by atoms with Crippen LogP contribution in [0.5, 0.6) is 11.5 Å². The van der Waals surface area contributed by atoms with Crippen molar-refractivity contribution in [3.63, 3.8) is 0 Å². The lowest BCUT2D eigenvalue weighted by Gasteiger charge is -2.15. The van der Waals surface area contributed by atoms with Crippen molar-refractivity contribution in [1.29, 1.82) is 0 Å². The molecule has 0 saturated carbocycles. The minimum absolute atomic E-state index is 0.177. The smallest absolute Gasteiger partial charge is 0.349 e. The van der Waals surface area contributed by atoms with Crippen LogP contribution in [0.4, 0.5) is 4.39 Å². The van der Waals surface area contributed by atoms with Crippen LogP contribution in [0.1, 0.15) is 33.8 Å². The summed E-state index contributed by atoms with van der Waals surface area (Å²) in [6, 6.07) is 9.79. The third-order valence-corrected chi connectivity index (χ3v) is 5.93. The van der Waals surface area contributed by atoms with Crippen LogP contribution < -0.4 is 14.8 Å². The van der Waals surface area contributed by atoms with Gasteiger partial charge in [0.25, 0.3) is 5.91 Å². The number of esters is 1. The van der Waals surface area contributed by atoms with E-state index in [1.807, 2.05) is 13.0 Å². The van der Waals surface area contributed by atoms with Crippen LogP contribution in [-0.4, -0.2) is 25.3 Å². The number of thiophene rings is 1. The molecule has 0 radical (unpaired) electrons. The number of halogens is 1. The molecule has 2 heterocycles. The van der Waals surface area contributed by atoms with Crippen LogP contribution in [0, 0.1) is 12.7 Å². The Morgan fingerprint density at radius 2 is 2.03 bits per heavy atom. The highest BCUT2D eigenvalue weighted by Crippen LogP contribution is 2.34. The van der Waals surface area contributed by atoms with Gasteiger partial charge in [-0.05, 0) is 49.2 Å². The highest BCUT2D eigenvalue weighted by Gasteiger charge is 2.21. The van der Waals surface area contributed by atoms with E-state index in [0.717, 1.165) is 16.9 Å². The molecule has 1 amide bonds. The number of benzene rings is 2. The Hall–Kier alpha value is -3.13. The summed E-state index contributed by atoms with van der Waals surface area (Å²) in [5, 5.41) is 3.18. The number of amides is 1. The maximum atomic E-state index is 14.0. The maximum Gasteiger partial charge on any atom is 0.349 e. The molecule has 1 N–H and O–H groups in total. The molecule has 1 atom stereocenters. The summed E-state index contributed by atoms with van der Waals surface area (Å²) in [5.41, 5.74) is 1.35. The van der Waals surface area contributed by atoms with Crippen molar-refractivity contribution in [2.24, 2.45) is 0 Å². The first kappa shape index (κ1) is 19.2. The fraction of sp³-hybridized carbons (Fsp3) is 0.238. The third-order valence-electron chi connectivity index (χ3n) is 4.70. The van der Waals surface area contributed by atoms with E-state index in [2.05, 4.69) is 5.32 Å². The molecule has 0 spiro atoms. The fourth-order valence-electron chi connectivity index (χ4n) is 3.19. The molecule has 0 saturated heterocycles. The largest absolute Gasteiger partial charge is 0.454 e. The number of aryl methyl sites for hydroxylation is 1. The highest BCUT2D eigenvalue weighted by molar-refractivity contribution is 7.21. The van der Waals surface area contributed by atoms with Gasteiger partial charge >= 0.3 is 5.97 Å². The first-order chi connectivity index (χ1) is 13.9. The van der Waals surface area contributed by atoms with Crippen molar-refractivity contribution in [3.05, 3.63) is 58.2 Å². The van der Waals surface area contributed by atoms with Gasteiger partial charge in [-0.3, -0.25) is 4.79 Å². The second kappa shape index (κ2) is 7.71. The summed E-state index contributed by atoms with van der Waals surface area (Å²) < 4.78 is 30.4. The average molecular weight is 415 g/mol. The summed E-state index contributed by atoms with van der Waals surface area (Å²) in [4.78, 5) is 24.9. The normalized spacial score (nSPS) is 13.3. The van der Waals surface area contributed by atoms with Crippen molar-refractivity contribution in [2.45, 2.75) is 19.9 Å². The Balaban J connectivity index is 1.38. The lowest BCUT2D eigenvalue weighted by Crippen LogP contribution is -2.31. The number of carbonyl (C=O) groups is 2. The first-order valence-corrected chi connectivity index (χ1v) is 9.79. The lowest BCUT2D eigenvalue weighted by molar-refractivity contribution is -0.124. The molecular formula is C21H18FNO5S. The average Bonchev–Trinajstić information content (AvgIpc) is 3.30. The lowest BCUT2D eigenvalue weighted by atomic mass is 10.1. The van der Waals surface area contributed by atoms with Gasteiger partial charge in [0.15, 0.2) is 18.1 Å². The molecule has 0 aliphatic carbocycles. The van der Waals surface area contributed by atoms with E-state index in [-0.39, 0.29) is 18.7 Å². The standard InChI is InChI=1S/C21H18FNO5S/c1-11-19-14(22)4-3-5-17(19)29-20(11)21(25)26-9-18(24)23-12(2)13-6-7-15-16(8-13)28-10-27-15/h3-8,12H,9-10H2,1-2H3,(H,23,24)/t12-/m0/s1. The highest BCUT2D eigenvalue weighted by atomic mass is 32.1. The minimum Gasteiger partial charge on any atom is -0.454 e. The van der Waals surface area contributed by atoms with E-state index in [4.69, 9.17) is 14.2 Å². The van der Waals surface area contributed by atoms with Gasteiger partial charge < -0.3 is 19.5 Å². The van der Waals surface area contributed by atoms with Crippen LogP contribution in [0.25, 0.3) is 10.1 Å². The van der Waals surface area contributed by atoms with Crippen molar-refractivity contribution in [1.82, 2.24) is 5.32 Å². The Kier molecular flexibility index (Phi) is 5.10. The van der Waals surface area contributed by atoms with Gasteiger partial charge in [-0.2, -0.15) is 0 Å². The number of ether oxygens (including phenoxy) is 3. The van der Waals surface area contributed by atoms with Gasteiger partial charge in [0.1, 0.15) is 10.7 Å². The molecule has 29 heavy (non-hydrogen) atoms. The van der Waals surface area contributed by atoms with Gasteiger partial charge in [0.2, 0.25) is 6.79 Å². The van der Waals surface area contributed by atoms with Crippen LogP contribution in [0.3, 0.4) is 0 Å². The molecule has 3 aromatic rings. The van der Waals surface area contributed by atoms with Crippen molar-refractivity contribution < 1.29 is 28.2 Å². The number of fused-ring (bicyclic) bond motifs is 2. The van der Waals surface area contributed by atoms with E-state index >= 15 is 0 Å². The number of rotatable bonds is 5. The van der Waals surface area contributed by atoms with Gasteiger partial charge in [0, 0.05) is 10.1 Å². The van der Waals surface area contributed by atoms with E-state index in [9.17, 15) is 14.0 Å². The summed E-state index contributed by atoms with van der Waals surface area (Å²) >= 11 is 1.15. The summed E-state index contributed by atoms with van der Waals surface area (Å²) in [6.07, 6.45) is 0. The van der Waals surface area contributed by atoms with Crippen LogP contribution in [0.2, 0.25) is 0 Å². The molecule has 0 fully saturated rings. The van der Waals surface area contributed by atoms with Gasteiger partial charge in [-0.15, -0.1) is 11.3 Å². The number of hydrogen-bond acceptors (Lipinski definition) is 6. The summed E-state index contributed by atoms with van der Waals surface area (Å²) in [6.45, 7) is 3.23. The minimum atomic E-state index is -0.644. The Bertz CT molecular complexity index is 1110. The van der Waals surface area contributed by atoms with Gasteiger partial charge in [-0.25, -0.2) is 9.18 Å². The van der Waals surface area contributed by atoms with Gasteiger partial charge in [0.05, 0.1) is 6.04 Å². The number of carbonyl (C=O) groups excluding carboxylic acids is 2. The topological polar surface area (TPSA) is 73.9 Å². The quantitative estimate of drug-likeness (QED) is 0.635. The Labute approximate surface area is 170 Å². The van der Waals surface area contributed by atoms with E-state index in [1.165, 1.54) is 6.07 Å². The zero-order valence-electron chi connectivity index (χ0n) is 15.8. The summed E-state index contributed by atoms with van der Waals surface area (Å²) in [5.74, 6) is -0.174. The second-order valence-corrected chi connectivity index (χ2v) is 7.70. The fourth-order valence-corrected chi connectivity index (χ4v) is 4.31. The predicted octanol–water partition coefficient (Wildman–Crippen LogP) is 4.11. The summed E-state index contributed by atoms with van der Waals surface area (Å²) in [7, 11) is 0. The molecule has 150 valence electrons. The van der Waals surface area contributed by atoms with Crippen LogP contribution >= 0.6 is 11.3 Å². The van der Waals surface area contributed by atoms with E-state index in [0.29, 0.717) is 32.0 Å². The molecule has 8 heteroatoms. The monoisotopic (exact) mass is 415 g/mol. The molecule has 1 aliphatic rings. The van der Waals surface area contributed by atoms with Crippen molar-refractivity contribution >= 4 is 33.3 Å². The van der Waals surface area contributed by atoms with Gasteiger partial charge in [-0.1, -0.05) is 12.1 Å². The molecule has 1 aromatic heterocycles. The third kappa shape index (κ3) is 3.75. The maximum absolute atomic E-state index is 14.0. The molecule has 0 unspecified atom stereocenters. The Morgan fingerprint density at radius 3 is 2.83 bits per heavy atom. The molecule has 1 aliphatic heterocycles. The molecular weight excluding hydrogens is 397 g/mol. The molecule has 2 aromatic carbocycles. The molecule has 4 rings (SSSR count). The van der Waals surface area contributed by atoms with Crippen molar-refractivity contribution in [2.75, 3.05) is 13.4 Å². The Morgan fingerprint density at radius 1 is 1.24 bits per heavy atom. The second-order valence-electron chi connectivity index (χ2n) is 6.65. The number of hydrogen-bond donors (Lipinski definition) is 1. The van der Waals surface area contributed by atoms with Crippen molar-refractivity contribution in [3.8, 4) is 11.5 Å². The first-order valence-electron chi connectivity index (χ1n) is 8.97. The van der Waals surface area contributed by atoms with Crippen LogP contribution in [0.15, 0.2) is 36.4 Å². The van der Waals surface area contributed by atoms with E-state index < -0.39 is 18.5 Å². The van der Waals surface area contributed by atoms with Crippen LogP contribution in [-0.2, 0) is 9.53 Å². The SMILES string of the molecule is Cc1c(C(=O)OCC(=O)N[C@@H](C)c2ccc3c(c2)OCO3)sc2cccc(F)c12. The molecule has 6 nitrogen and oxygen atoms in total. The predicted molar refractivity (Wildman–Crippen MR) is 106 cm³/mol. The van der Waals surface area contributed by atoms with E-state index in [1.54, 1.807) is 31.2 Å². The number of nitrogens with one attached hydrogen (secondary N) is 1.